The van der Waals surface area contributed by atoms with Gasteiger partial charge in [0.1, 0.15) is 24.7 Å². The maximum absolute atomic E-state index is 14.8. The van der Waals surface area contributed by atoms with E-state index in [1.807, 2.05) is 115 Å². The number of methoxy groups -OCH3 is 1. The Hall–Kier alpha value is -5.60. The van der Waals surface area contributed by atoms with E-state index in [0.717, 1.165) is 83.8 Å². The van der Waals surface area contributed by atoms with Crippen LogP contribution in [0.15, 0.2) is 109 Å². The van der Waals surface area contributed by atoms with E-state index < -0.39 is 0 Å². The molecule has 8 heteroatoms. The zero-order chi connectivity index (χ0) is 40.3. The topological polar surface area (TPSA) is 77.5 Å². The van der Waals surface area contributed by atoms with Crippen molar-refractivity contribution in [2.45, 2.75) is 79.1 Å². The monoisotopic (exact) mass is 768 g/mol. The second-order valence-corrected chi connectivity index (χ2v) is 14.9. The van der Waals surface area contributed by atoms with E-state index in [1.165, 1.54) is 7.11 Å². The maximum Gasteiger partial charge on any atom is 0.338 e. The zero-order valence-electron chi connectivity index (χ0n) is 34.3. The fourth-order valence-electron chi connectivity index (χ4n) is 7.57. The smallest absolute Gasteiger partial charge is 0.338 e. The highest BCUT2D eigenvalue weighted by Gasteiger charge is 2.27. The van der Waals surface area contributed by atoms with Gasteiger partial charge in [0, 0.05) is 49.8 Å². The molecule has 0 aliphatic carbocycles. The summed E-state index contributed by atoms with van der Waals surface area (Å²) in [6.07, 6.45) is 2.62. The van der Waals surface area contributed by atoms with Crippen molar-refractivity contribution in [3.05, 3.63) is 143 Å². The molecule has 5 aromatic carbocycles. The molecule has 0 bridgehead atoms. The van der Waals surface area contributed by atoms with Gasteiger partial charge in [0.2, 0.25) is 0 Å². The number of carbonyl (C=O) groups is 2. The highest BCUT2D eigenvalue weighted by atomic mass is 16.5. The first-order valence-corrected chi connectivity index (χ1v) is 20.2. The Morgan fingerprint density at radius 2 is 1.37 bits per heavy atom. The highest BCUT2D eigenvalue weighted by molar-refractivity contribution is 6.08. The number of hydrogen-bond donors (Lipinski definition) is 0. The molecule has 6 rings (SSSR count). The molecule has 57 heavy (non-hydrogen) atoms. The summed E-state index contributed by atoms with van der Waals surface area (Å²) in [7, 11) is 1.42. The van der Waals surface area contributed by atoms with Gasteiger partial charge in [0.05, 0.1) is 18.2 Å². The van der Waals surface area contributed by atoms with Crippen molar-refractivity contribution in [2.24, 2.45) is 0 Å². The average Bonchev–Trinajstić information content (AvgIpc) is 3.25. The Morgan fingerprint density at radius 1 is 0.754 bits per heavy atom. The summed E-state index contributed by atoms with van der Waals surface area (Å²) in [4.78, 5) is 32.1. The molecule has 8 nitrogen and oxygen atoms in total. The third-order valence-electron chi connectivity index (χ3n) is 10.7. The largest absolute Gasteiger partial charge is 0.488 e. The minimum absolute atomic E-state index is 0.0914. The zero-order valence-corrected chi connectivity index (χ0v) is 34.3. The summed E-state index contributed by atoms with van der Waals surface area (Å²) < 4.78 is 23.8. The van der Waals surface area contributed by atoms with Crippen molar-refractivity contribution in [2.75, 3.05) is 43.2 Å². The van der Waals surface area contributed by atoms with Crippen LogP contribution in [0.5, 0.6) is 11.5 Å². The number of carbonyl (C=O) groups excluding carboxylic acids is 2. The lowest BCUT2D eigenvalue weighted by Gasteiger charge is -2.37. The van der Waals surface area contributed by atoms with E-state index in [0.29, 0.717) is 48.4 Å². The third kappa shape index (κ3) is 9.86. The fourth-order valence-corrected chi connectivity index (χ4v) is 7.57. The van der Waals surface area contributed by atoms with Crippen LogP contribution in [0.1, 0.15) is 95.8 Å². The highest BCUT2D eigenvalue weighted by Crippen LogP contribution is 2.38. The molecule has 1 fully saturated rings. The molecule has 0 saturated carbocycles. The van der Waals surface area contributed by atoms with E-state index in [-0.39, 0.29) is 17.8 Å². The van der Waals surface area contributed by atoms with Crippen molar-refractivity contribution in [3.8, 4) is 22.6 Å². The molecule has 1 amide bonds. The summed E-state index contributed by atoms with van der Waals surface area (Å²) in [6, 6.07) is 36.3. The third-order valence-corrected chi connectivity index (χ3v) is 10.7. The lowest BCUT2D eigenvalue weighted by molar-refractivity contribution is 0.0599. The quantitative estimate of drug-likeness (QED) is 0.0925. The molecular weight excluding hydrogens is 713 g/mol. The van der Waals surface area contributed by atoms with Crippen molar-refractivity contribution < 1.29 is 28.5 Å². The van der Waals surface area contributed by atoms with Crippen molar-refractivity contribution in [1.29, 1.82) is 0 Å². The Balaban J connectivity index is 1.36. The van der Waals surface area contributed by atoms with Gasteiger partial charge >= 0.3 is 5.97 Å². The molecule has 0 aromatic heterocycles. The molecule has 0 N–H and O–H groups in total. The second-order valence-electron chi connectivity index (χ2n) is 14.9. The minimum atomic E-state index is -0.363. The van der Waals surface area contributed by atoms with Gasteiger partial charge in [0.25, 0.3) is 5.91 Å². The van der Waals surface area contributed by atoms with Crippen LogP contribution in [-0.2, 0) is 22.7 Å². The van der Waals surface area contributed by atoms with Gasteiger partial charge in [-0.25, -0.2) is 4.79 Å². The molecule has 0 atom stereocenters. The molecule has 1 aliphatic heterocycles. The summed E-state index contributed by atoms with van der Waals surface area (Å²) in [5, 5.41) is 0. The van der Waals surface area contributed by atoms with Crippen LogP contribution < -0.4 is 19.3 Å². The SMILES string of the molecule is CCCN(C(=O)c1cc(C(C)C)c(OCc2ccccc2)cc1OCc1ccccc1)c1ccc(-c2cc(C(=O)OC)c(C)c(N(CC)C3CCOCC3)c2)cc1. The van der Waals surface area contributed by atoms with Crippen LogP contribution in [0, 0.1) is 6.92 Å². The summed E-state index contributed by atoms with van der Waals surface area (Å²) in [5.41, 5.74) is 8.56. The van der Waals surface area contributed by atoms with Gasteiger partial charge in [-0.05, 0) is 103 Å². The van der Waals surface area contributed by atoms with Gasteiger partial charge in [-0.15, -0.1) is 0 Å². The lowest BCUT2D eigenvalue weighted by Crippen LogP contribution is -2.40. The summed E-state index contributed by atoms with van der Waals surface area (Å²) in [6.45, 7) is 13.9. The number of ether oxygens (including phenoxy) is 4. The molecule has 1 aliphatic rings. The number of hydrogen-bond acceptors (Lipinski definition) is 7. The Morgan fingerprint density at radius 3 is 1.93 bits per heavy atom. The van der Waals surface area contributed by atoms with Crippen LogP contribution in [-0.4, -0.2) is 51.3 Å². The molecule has 298 valence electrons. The van der Waals surface area contributed by atoms with Gasteiger partial charge < -0.3 is 28.7 Å². The van der Waals surface area contributed by atoms with Gasteiger partial charge in [-0.3, -0.25) is 4.79 Å². The predicted molar refractivity (Wildman–Crippen MR) is 229 cm³/mol. The normalized spacial score (nSPS) is 13.0. The van der Waals surface area contributed by atoms with E-state index >= 15 is 0 Å². The number of amides is 1. The van der Waals surface area contributed by atoms with Crippen molar-refractivity contribution in [1.82, 2.24) is 0 Å². The first-order valence-electron chi connectivity index (χ1n) is 20.2. The number of esters is 1. The minimum Gasteiger partial charge on any atom is -0.488 e. The standard InChI is InChI=1S/C49H56N2O6/c1-7-25-51(40-21-19-38(20-22-40)39-28-43(49(53)54-6)35(5)45(29-39)50(8-2)41-23-26-55-27-24-41)48(52)44-30-42(34(3)4)46(56-32-36-15-11-9-12-16-36)31-47(44)57-33-37-17-13-10-14-18-37/h9-22,28-31,34,41H,7-8,23-27,32-33H2,1-6H3. The summed E-state index contributed by atoms with van der Waals surface area (Å²) >= 11 is 0. The molecule has 1 heterocycles. The second kappa shape index (κ2) is 19.5. The van der Waals surface area contributed by atoms with Gasteiger partial charge in [-0.1, -0.05) is 93.6 Å². The molecule has 0 radical (unpaired) electrons. The van der Waals surface area contributed by atoms with E-state index in [2.05, 4.69) is 38.7 Å². The molecule has 0 spiro atoms. The van der Waals surface area contributed by atoms with Crippen LogP contribution in [0.25, 0.3) is 11.1 Å². The number of benzene rings is 5. The first kappa shape index (κ1) is 41.0. The Kier molecular flexibility index (Phi) is 14.0. The fraction of sp³-hybridized carbons (Fsp3) is 0.347. The van der Waals surface area contributed by atoms with Crippen LogP contribution in [0.3, 0.4) is 0 Å². The van der Waals surface area contributed by atoms with Crippen LogP contribution in [0.4, 0.5) is 11.4 Å². The number of anilines is 2. The van der Waals surface area contributed by atoms with E-state index in [9.17, 15) is 9.59 Å². The number of rotatable bonds is 16. The summed E-state index contributed by atoms with van der Waals surface area (Å²) in [5.74, 6) is 0.750. The molecule has 0 unspecified atom stereocenters. The predicted octanol–water partition coefficient (Wildman–Crippen LogP) is 10.8. The van der Waals surface area contributed by atoms with Gasteiger partial charge in [-0.2, -0.15) is 0 Å². The average molecular weight is 769 g/mol. The van der Waals surface area contributed by atoms with Crippen molar-refractivity contribution >= 4 is 23.3 Å². The number of nitrogens with zero attached hydrogens (tertiary/aromatic N) is 2. The first-order chi connectivity index (χ1) is 27.7. The Labute approximate surface area is 338 Å². The molecular formula is C49H56N2O6. The molecule has 5 aromatic rings. The van der Waals surface area contributed by atoms with Gasteiger partial charge in [0.15, 0.2) is 0 Å². The Bertz CT molecular complexity index is 2090. The van der Waals surface area contributed by atoms with E-state index in [4.69, 9.17) is 18.9 Å². The molecule has 1 saturated heterocycles. The van der Waals surface area contributed by atoms with Crippen LogP contribution in [0.2, 0.25) is 0 Å². The van der Waals surface area contributed by atoms with Crippen molar-refractivity contribution in [3.63, 3.8) is 0 Å². The maximum atomic E-state index is 14.8. The lowest BCUT2D eigenvalue weighted by atomic mass is 9.95. The van der Waals surface area contributed by atoms with E-state index in [1.54, 1.807) is 0 Å². The van der Waals surface area contributed by atoms with Crippen LogP contribution >= 0.6 is 0 Å².